The lowest BCUT2D eigenvalue weighted by atomic mass is 9.91. The quantitative estimate of drug-likeness (QED) is 0.527. The zero-order valence-electron chi connectivity index (χ0n) is 17.8. The Bertz CT molecular complexity index is 1080. The van der Waals surface area contributed by atoms with Crippen molar-refractivity contribution >= 4 is 23.1 Å². The number of rotatable bonds is 3. The number of anilines is 2. The van der Waals surface area contributed by atoms with Crippen LogP contribution >= 0.6 is 0 Å². The van der Waals surface area contributed by atoms with Crippen LogP contribution < -0.4 is 10.6 Å². The number of fused-ring (bicyclic) bond motifs is 1. The first-order valence-corrected chi connectivity index (χ1v) is 9.54. The van der Waals surface area contributed by atoms with Crippen LogP contribution in [0.4, 0.5) is 24.7 Å². The summed E-state index contributed by atoms with van der Waals surface area (Å²) in [6, 6.07) is 4.53. The van der Waals surface area contributed by atoms with Gasteiger partial charge in [-0.25, -0.2) is 0 Å². The Morgan fingerprint density at radius 1 is 1.10 bits per heavy atom. The fourth-order valence-electron chi connectivity index (χ4n) is 3.07. The number of aromatic nitrogens is 3. The molecule has 0 spiro atoms. The number of imidazole rings is 1. The summed E-state index contributed by atoms with van der Waals surface area (Å²) in [5, 5.41) is 10.3. The van der Waals surface area contributed by atoms with Crippen LogP contribution in [0.25, 0.3) is 5.65 Å². The van der Waals surface area contributed by atoms with Crippen molar-refractivity contribution in [2.24, 2.45) is 0 Å². The van der Waals surface area contributed by atoms with Gasteiger partial charge in [0.1, 0.15) is 17.0 Å². The van der Waals surface area contributed by atoms with Crippen molar-refractivity contribution in [1.82, 2.24) is 14.6 Å². The summed E-state index contributed by atoms with van der Waals surface area (Å²) < 4.78 is 40.4. The Hall–Kier alpha value is -2.97. The fraction of sp³-hybridized carbons (Fsp3) is 0.429. The number of carbonyl (C=O) groups is 1. The van der Waals surface area contributed by atoms with E-state index in [1.165, 1.54) is 18.3 Å². The number of alkyl halides is 3. The molecule has 0 saturated heterocycles. The first-order chi connectivity index (χ1) is 13.7. The molecule has 30 heavy (non-hydrogen) atoms. The van der Waals surface area contributed by atoms with E-state index in [1.54, 1.807) is 4.52 Å². The van der Waals surface area contributed by atoms with E-state index in [9.17, 15) is 18.0 Å². The number of hydrogen-bond acceptors (Lipinski definition) is 3. The number of benzene rings is 1. The first kappa shape index (κ1) is 21.7. The van der Waals surface area contributed by atoms with Gasteiger partial charge in [-0.1, -0.05) is 26.8 Å². The molecule has 0 aliphatic carbocycles. The molecule has 0 fully saturated rings. The van der Waals surface area contributed by atoms with E-state index in [4.69, 9.17) is 0 Å². The minimum absolute atomic E-state index is 0.0600. The molecular formula is C21H26F3N5O. The molecule has 162 valence electrons. The first-order valence-electron chi connectivity index (χ1n) is 9.54. The van der Waals surface area contributed by atoms with Crippen molar-refractivity contribution in [2.45, 2.75) is 58.7 Å². The second-order valence-electron chi connectivity index (χ2n) is 9.32. The van der Waals surface area contributed by atoms with Gasteiger partial charge in [0.2, 0.25) is 0 Å². The largest absolute Gasteiger partial charge is 0.416 e. The van der Waals surface area contributed by atoms with Crippen LogP contribution in [0.15, 0.2) is 30.5 Å². The number of carbonyl (C=O) groups excluding carboxylic acids is 1. The number of hydrogen-bond donors (Lipinski definition) is 3. The molecule has 0 saturated carbocycles. The Labute approximate surface area is 172 Å². The molecule has 1 aromatic carbocycles. The second kappa shape index (κ2) is 7.07. The molecule has 3 aromatic rings. The average Bonchev–Trinajstić information content (AvgIpc) is 3.13. The third-order valence-electron chi connectivity index (χ3n) is 4.40. The van der Waals surface area contributed by atoms with E-state index in [1.807, 2.05) is 41.5 Å². The van der Waals surface area contributed by atoms with Gasteiger partial charge < -0.3 is 15.6 Å². The van der Waals surface area contributed by atoms with E-state index in [2.05, 4.69) is 20.7 Å². The maximum atomic E-state index is 12.9. The normalized spacial score (nSPS) is 13.0. The van der Waals surface area contributed by atoms with Gasteiger partial charge in [0.05, 0.1) is 17.5 Å². The van der Waals surface area contributed by atoms with Crippen molar-refractivity contribution in [3.63, 3.8) is 0 Å². The minimum Gasteiger partial charge on any atom is -0.364 e. The minimum atomic E-state index is -4.49. The number of halogens is 3. The molecule has 6 nitrogen and oxygen atoms in total. The lowest BCUT2D eigenvalue weighted by Crippen LogP contribution is -2.29. The maximum absolute atomic E-state index is 12.9. The Balaban J connectivity index is 2.00. The number of nitrogens with one attached hydrogen (secondary N) is 3. The Morgan fingerprint density at radius 3 is 2.33 bits per heavy atom. The molecule has 0 aliphatic rings. The predicted octanol–water partition coefficient (Wildman–Crippen LogP) is 5.44. The highest BCUT2D eigenvalue weighted by Crippen LogP contribution is 2.33. The summed E-state index contributed by atoms with van der Waals surface area (Å²) in [6.45, 7) is 12.2. The van der Waals surface area contributed by atoms with E-state index in [0.29, 0.717) is 5.65 Å². The molecule has 9 heteroatoms. The summed E-state index contributed by atoms with van der Waals surface area (Å²) >= 11 is 0. The summed E-state index contributed by atoms with van der Waals surface area (Å²) in [6.07, 6.45) is -3.09. The number of aromatic amines is 1. The molecule has 0 bridgehead atoms. The molecule has 3 rings (SSSR count). The maximum Gasteiger partial charge on any atom is 0.416 e. The number of H-pyrrole nitrogens is 1. The topological polar surface area (TPSA) is 74.2 Å². The van der Waals surface area contributed by atoms with Gasteiger partial charge in [0.25, 0.3) is 5.91 Å². The van der Waals surface area contributed by atoms with Gasteiger partial charge in [-0.2, -0.15) is 22.8 Å². The van der Waals surface area contributed by atoms with Crippen LogP contribution in [0.3, 0.4) is 0 Å². The smallest absolute Gasteiger partial charge is 0.364 e. The summed E-state index contributed by atoms with van der Waals surface area (Å²) in [7, 11) is 0. The molecule has 0 unspecified atom stereocenters. The van der Waals surface area contributed by atoms with Gasteiger partial charge in [-0.15, -0.1) is 0 Å². The Morgan fingerprint density at radius 2 is 1.77 bits per heavy atom. The standard InChI is InChI=1S/C21H26F3N5O/c1-19(2,3)15-17(28-20(4,5)6)29-16(27-15)14(11-25-29)18(30)26-13-9-7-8-12(10-13)21(22,23)24/h7-11,27-28H,1-6H3,(H,26,30). The van der Waals surface area contributed by atoms with Gasteiger partial charge in [0.15, 0.2) is 0 Å². The highest BCUT2D eigenvalue weighted by atomic mass is 19.4. The van der Waals surface area contributed by atoms with Crippen LogP contribution in [0.5, 0.6) is 0 Å². The molecule has 0 radical (unpaired) electrons. The van der Waals surface area contributed by atoms with E-state index in [-0.39, 0.29) is 22.2 Å². The van der Waals surface area contributed by atoms with Gasteiger partial charge in [-0.05, 0) is 39.0 Å². The monoisotopic (exact) mass is 421 g/mol. The average molecular weight is 421 g/mol. The van der Waals surface area contributed by atoms with Gasteiger partial charge in [0, 0.05) is 16.6 Å². The summed E-state index contributed by atoms with van der Waals surface area (Å²) in [5.41, 5.74) is 0.298. The second-order valence-corrected chi connectivity index (χ2v) is 9.32. The molecular weight excluding hydrogens is 395 g/mol. The molecule has 1 amide bonds. The highest BCUT2D eigenvalue weighted by molar-refractivity contribution is 6.08. The third-order valence-corrected chi connectivity index (χ3v) is 4.40. The summed E-state index contributed by atoms with van der Waals surface area (Å²) in [4.78, 5) is 16.1. The van der Waals surface area contributed by atoms with E-state index < -0.39 is 17.6 Å². The molecule has 3 N–H and O–H groups in total. The van der Waals surface area contributed by atoms with Crippen molar-refractivity contribution < 1.29 is 18.0 Å². The highest BCUT2D eigenvalue weighted by Gasteiger charge is 2.31. The van der Waals surface area contributed by atoms with Crippen LogP contribution in [-0.2, 0) is 11.6 Å². The SMILES string of the molecule is CC(C)(C)Nc1c(C(C)(C)C)[nH]c2c(C(=O)Nc3cccc(C(F)(F)F)c3)cnn12. The van der Waals surface area contributed by atoms with Crippen molar-refractivity contribution in [3.05, 3.63) is 47.3 Å². The van der Waals surface area contributed by atoms with Gasteiger partial charge >= 0.3 is 6.18 Å². The van der Waals surface area contributed by atoms with Crippen LogP contribution in [0.2, 0.25) is 0 Å². The zero-order valence-corrected chi connectivity index (χ0v) is 17.8. The zero-order chi connectivity index (χ0) is 22.5. The van der Waals surface area contributed by atoms with Crippen molar-refractivity contribution in [2.75, 3.05) is 10.6 Å². The lowest BCUT2D eigenvalue weighted by Gasteiger charge is -2.25. The molecule has 0 atom stereocenters. The Kier molecular flexibility index (Phi) is 5.12. The van der Waals surface area contributed by atoms with Gasteiger partial charge in [-0.3, -0.25) is 4.79 Å². The number of amides is 1. The van der Waals surface area contributed by atoms with Crippen molar-refractivity contribution in [3.8, 4) is 0 Å². The molecule has 2 aromatic heterocycles. The van der Waals surface area contributed by atoms with Crippen LogP contribution in [0, 0.1) is 0 Å². The third kappa shape index (κ3) is 4.44. The summed E-state index contributed by atoms with van der Waals surface area (Å²) in [5.74, 6) is 0.191. The number of nitrogens with zero attached hydrogens (tertiary/aromatic N) is 2. The molecule has 0 aliphatic heterocycles. The van der Waals surface area contributed by atoms with Crippen LogP contribution in [0.1, 0.15) is 63.2 Å². The van der Waals surface area contributed by atoms with E-state index in [0.717, 1.165) is 23.6 Å². The lowest BCUT2D eigenvalue weighted by molar-refractivity contribution is -0.137. The van der Waals surface area contributed by atoms with Crippen LogP contribution in [-0.4, -0.2) is 26.0 Å². The fourth-order valence-corrected chi connectivity index (χ4v) is 3.07. The predicted molar refractivity (Wildman–Crippen MR) is 111 cm³/mol. The van der Waals surface area contributed by atoms with Crippen molar-refractivity contribution in [1.29, 1.82) is 0 Å². The van der Waals surface area contributed by atoms with E-state index >= 15 is 0 Å². The molecule has 2 heterocycles.